The number of hydrogen-bond acceptors (Lipinski definition) is 5. The first-order valence-electron chi connectivity index (χ1n) is 5.92. The third-order valence-electron chi connectivity index (χ3n) is 2.82. The number of H-pyrrole nitrogens is 1. The Bertz CT molecular complexity index is 670. The lowest BCUT2D eigenvalue weighted by atomic mass is 10.2. The number of fused-ring (bicyclic) bond motifs is 1. The number of carbonyl (C=O) groups is 2. The maximum atomic E-state index is 12.0. The summed E-state index contributed by atoms with van der Waals surface area (Å²) in [5.74, 6) is -0.0996. The molecular formula is C12H11N5O2S. The molecule has 2 heterocycles. The zero-order valence-corrected chi connectivity index (χ0v) is 11.3. The van der Waals surface area contributed by atoms with Crippen molar-refractivity contribution in [1.29, 1.82) is 0 Å². The predicted octanol–water partition coefficient (Wildman–Crippen LogP) is 1.49. The average molecular weight is 289 g/mol. The van der Waals surface area contributed by atoms with Gasteiger partial charge in [0.25, 0.3) is 5.91 Å². The van der Waals surface area contributed by atoms with Gasteiger partial charge in [0.05, 0.1) is 10.9 Å². The second-order valence-electron chi connectivity index (χ2n) is 4.25. The van der Waals surface area contributed by atoms with E-state index in [1.54, 1.807) is 12.1 Å². The number of benzene rings is 1. The van der Waals surface area contributed by atoms with Gasteiger partial charge in [-0.2, -0.15) is 10.1 Å². The van der Waals surface area contributed by atoms with Crippen LogP contribution in [0, 0.1) is 0 Å². The lowest BCUT2D eigenvalue weighted by molar-refractivity contribution is -0.115. The van der Waals surface area contributed by atoms with Gasteiger partial charge in [0.15, 0.2) is 0 Å². The standard InChI is InChI=1S/C12H11N5O2S/c1-6-10(18)15-8-4-7(2-3-9(8)20-6)11(19)16-12-13-5-14-17-12/h2-6H,1H3,(H,15,18)(H2,13,14,16,17,19). The lowest BCUT2D eigenvalue weighted by Gasteiger charge is -2.21. The lowest BCUT2D eigenvalue weighted by Crippen LogP contribution is -2.26. The van der Waals surface area contributed by atoms with Crippen molar-refractivity contribution in [3.63, 3.8) is 0 Å². The molecule has 0 aliphatic carbocycles. The molecule has 0 bridgehead atoms. The highest BCUT2D eigenvalue weighted by atomic mass is 32.2. The van der Waals surface area contributed by atoms with E-state index >= 15 is 0 Å². The van der Waals surface area contributed by atoms with Crippen LogP contribution in [0.2, 0.25) is 0 Å². The summed E-state index contributed by atoms with van der Waals surface area (Å²) in [4.78, 5) is 28.4. The van der Waals surface area contributed by atoms with Crippen LogP contribution in [0.25, 0.3) is 0 Å². The zero-order valence-electron chi connectivity index (χ0n) is 10.5. The second-order valence-corrected chi connectivity index (χ2v) is 5.63. The number of amides is 2. The van der Waals surface area contributed by atoms with Crippen LogP contribution in [0.4, 0.5) is 11.6 Å². The molecular weight excluding hydrogens is 278 g/mol. The Morgan fingerprint density at radius 2 is 2.30 bits per heavy atom. The van der Waals surface area contributed by atoms with E-state index < -0.39 is 0 Å². The Morgan fingerprint density at radius 1 is 1.45 bits per heavy atom. The molecule has 102 valence electrons. The minimum atomic E-state index is -0.317. The van der Waals surface area contributed by atoms with E-state index in [1.807, 2.05) is 13.0 Å². The molecule has 2 amide bonds. The summed E-state index contributed by atoms with van der Waals surface area (Å²) in [5, 5.41) is 11.4. The van der Waals surface area contributed by atoms with Crippen LogP contribution >= 0.6 is 11.8 Å². The van der Waals surface area contributed by atoms with Gasteiger partial charge in [-0.25, -0.2) is 5.10 Å². The predicted molar refractivity (Wildman–Crippen MR) is 74.7 cm³/mol. The molecule has 0 fully saturated rings. The summed E-state index contributed by atoms with van der Waals surface area (Å²) >= 11 is 1.47. The average Bonchev–Trinajstić information content (AvgIpc) is 2.92. The van der Waals surface area contributed by atoms with E-state index in [0.29, 0.717) is 11.3 Å². The van der Waals surface area contributed by atoms with Crippen LogP contribution in [-0.2, 0) is 4.79 Å². The molecule has 0 radical (unpaired) electrons. The van der Waals surface area contributed by atoms with E-state index in [9.17, 15) is 9.59 Å². The minimum Gasteiger partial charge on any atom is -0.324 e. The maximum absolute atomic E-state index is 12.0. The van der Waals surface area contributed by atoms with Gasteiger partial charge in [-0.15, -0.1) is 11.8 Å². The van der Waals surface area contributed by atoms with Crippen molar-refractivity contribution in [2.75, 3.05) is 10.6 Å². The van der Waals surface area contributed by atoms with E-state index in [2.05, 4.69) is 25.8 Å². The molecule has 1 aromatic carbocycles. The van der Waals surface area contributed by atoms with Gasteiger partial charge in [-0.1, -0.05) is 0 Å². The molecule has 1 unspecified atom stereocenters. The number of aromatic nitrogens is 3. The third-order valence-corrected chi connectivity index (χ3v) is 4.00. The first-order valence-corrected chi connectivity index (χ1v) is 6.80. The number of aromatic amines is 1. The highest BCUT2D eigenvalue weighted by Gasteiger charge is 2.23. The molecule has 1 aliphatic heterocycles. The molecule has 1 atom stereocenters. The topological polar surface area (TPSA) is 99.8 Å². The van der Waals surface area contributed by atoms with E-state index in [0.717, 1.165) is 4.90 Å². The fourth-order valence-corrected chi connectivity index (χ4v) is 2.73. The SMILES string of the molecule is CC1Sc2ccc(C(=O)Nc3ncn[nH]3)cc2NC1=O. The maximum Gasteiger partial charge on any atom is 0.258 e. The quantitative estimate of drug-likeness (QED) is 0.777. The fraction of sp³-hybridized carbons (Fsp3) is 0.167. The smallest absolute Gasteiger partial charge is 0.258 e. The first-order chi connectivity index (χ1) is 9.63. The summed E-state index contributed by atoms with van der Waals surface area (Å²) < 4.78 is 0. The highest BCUT2D eigenvalue weighted by Crippen LogP contribution is 2.35. The van der Waals surface area contributed by atoms with Crippen molar-refractivity contribution < 1.29 is 9.59 Å². The van der Waals surface area contributed by atoms with Crippen molar-refractivity contribution in [3.05, 3.63) is 30.1 Å². The number of anilines is 2. The molecule has 0 spiro atoms. The van der Waals surface area contributed by atoms with Gasteiger partial charge in [-0.05, 0) is 25.1 Å². The van der Waals surface area contributed by atoms with Crippen LogP contribution in [0.5, 0.6) is 0 Å². The molecule has 1 aromatic heterocycles. The number of nitrogens with zero attached hydrogens (tertiary/aromatic N) is 2. The van der Waals surface area contributed by atoms with Gasteiger partial charge in [0.1, 0.15) is 6.33 Å². The molecule has 8 heteroatoms. The van der Waals surface area contributed by atoms with E-state index in [1.165, 1.54) is 18.1 Å². The van der Waals surface area contributed by atoms with Crippen molar-refractivity contribution >= 4 is 35.2 Å². The number of hydrogen-bond donors (Lipinski definition) is 3. The molecule has 7 nitrogen and oxygen atoms in total. The Hall–Kier alpha value is -2.35. The number of nitrogens with one attached hydrogen (secondary N) is 3. The summed E-state index contributed by atoms with van der Waals surface area (Å²) in [6, 6.07) is 5.19. The molecule has 20 heavy (non-hydrogen) atoms. The van der Waals surface area contributed by atoms with Crippen LogP contribution in [0.3, 0.4) is 0 Å². The summed E-state index contributed by atoms with van der Waals surface area (Å²) in [6.45, 7) is 1.84. The molecule has 0 saturated heterocycles. The van der Waals surface area contributed by atoms with Gasteiger partial charge in [0.2, 0.25) is 11.9 Å². The molecule has 3 N–H and O–H groups in total. The molecule has 1 aliphatic rings. The third kappa shape index (κ3) is 2.37. The Labute approximate surface area is 118 Å². The largest absolute Gasteiger partial charge is 0.324 e. The van der Waals surface area contributed by atoms with Gasteiger partial charge in [0, 0.05) is 10.5 Å². The zero-order chi connectivity index (χ0) is 14.1. The second kappa shape index (κ2) is 4.97. The Morgan fingerprint density at radius 3 is 3.05 bits per heavy atom. The van der Waals surface area contributed by atoms with Crippen LogP contribution in [0.15, 0.2) is 29.4 Å². The van der Waals surface area contributed by atoms with Crippen molar-refractivity contribution in [2.45, 2.75) is 17.1 Å². The number of rotatable bonds is 2. The monoisotopic (exact) mass is 289 g/mol. The van der Waals surface area contributed by atoms with E-state index in [4.69, 9.17) is 0 Å². The number of carbonyl (C=O) groups excluding carboxylic acids is 2. The summed E-state index contributed by atoms with van der Waals surface area (Å²) in [6.07, 6.45) is 1.31. The molecule has 3 rings (SSSR count). The van der Waals surface area contributed by atoms with Gasteiger partial charge < -0.3 is 5.32 Å². The highest BCUT2D eigenvalue weighted by molar-refractivity contribution is 8.00. The minimum absolute atomic E-state index is 0.0599. The van der Waals surface area contributed by atoms with Crippen LogP contribution in [0.1, 0.15) is 17.3 Å². The summed E-state index contributed by atoms with van der Waals surface area (Å²) in [5.41, 5.74) is 1.10. The number of thioether (sulfide) groups is 1. The van der Waals surface area contributed by atoms with Crippen LogP contribution < -0.4 is 10.6 Å². The first kappa shape index (κ1) is 12.7. The molecule has 2 aromatic rings. The van der Waals surface area contributed by atoms with Gasteiger partial charge >= 0.3 is 0 Å². The fourth-order valence-electron chi connectivity index (χ4n) is 1.80. The van der Waals surface area contributed by atoms with Crippen LogP contribution in [-0.4, -0.2) is 32.2 Å². The Kier molecular flexibility index (Phi) is 3.15. The molecule has 0 saturated carbocycles. The van der Waals surface area contributed by atoms with Crippen molar-refractivity contribution in [3.8, 4) is 0 Å². The normalized spacial score (nSPS) is 17.2. The van der Waals surface area contributed by atoms with Crippen molar-refractivity contribution in [1.82, 2.24) is 15.2 Å². The van der Waals surface area contributed by atoms with Gasteiger partial charge in [-0.3, -0.25) is 14.9 Å². The summed E-state index contributed by atoms with van der Waals surface area (Å²) in [7, 11) is 0. The van der Waals surface area contributed by atoms with Crippen molar-refractivity contribution in [2.24, 2.45) is 0 Å². The van der Waals surface area contributed by atoms with E-state index in [-0.39, 0.29) is 23.0 Å². The Balaban J connectivity index is 1.83.